The minimum atomic E-state index is -0.691. The Labute approximate surface area is 187 Å². The molecule has 1 saturated carbocycles. The number of benzene rings is 1. The van der Waals surface area contributed by atoms with Crippen LogP contribution in [0.2, 0.25) is 0 Å². The van der Waals surface area contributed by atoms with Crippen LogP contribution in [0.1, 0.15) is 49.8 Å². The lowest BCUT2D eigenvalue weighted by atomic mass is 9.98. The molecule has 1 spiro atoms. The Morgan fingerprint density at radius 2 is 2.00 bits per heavy atom. The summed E-state index contributed by atoms with van der Waals surface area (Å²) in [6.07, 6.45) is 5.74. The number of hydrogen-bond donors (Lipinski definition) is 2. The van der Waals surface area contributed by atoms with Crippen molar-refractivity contribution in [1.29, 1.82) is 0 Å². The molecule has 8 nitrogen and oxygen atoms in total. The van der Waals surface area contributed by atoms with Crippen molar-refractivity contribution in [3.05, 3.63) is 59.9 Å². The van der Waals surface area contributed by atoms with Crippen molar-refractivity contribution in [3.8, 4) is 5.75 Å². The predicted molar refractivity (Wildman–Crippen MR) is 118 cm³/mol. The number of hydrogen-bond acceptors (Lipinski definition) is 5. The molecule has 4 amide bonds. The largest absolute Gasteiger partial charge is 0.487 e. The smallest absolute Gasteiger partial charge is 0.325 e. The van der Waals surface area contributed by atoms with Crippen molar-refractivity contribution >= 4 is 17.8 Å². The van der Waals surface area contributed by atoms with Gasteiger partial charge in [0, 0.05) is 25.7 Å². The van der Waals surface area contributed by atoms with Crippen LogP contribution in [0.3, 0.4) is 0 Å². The van der Waals surface area contributed by atoms with Crippen molar-refractivity contribution in [2.45, 2.75) is 57.2 Å². The highest BCUT2D eigenvalue weighted by Crippen LogP contribution is 2.35. The second-order valence-electron chi connectivity index (χ2n) is 8.31. The number of nitrogens with zero attached hydrogens (tertiary/aromatic N) is 2. The van der Waals surface area contributed by atoms with E-state index in [1.165, 1.54) is 4.90 Å². The molecule has 1 aliphatic heterocycles. The molecule has 0 radical (unpaired) electrons. The van der Waals surface area contributed by atoms with Crippen LogP contribution in [0, 0.1) is 0 Å². The van der Waals surface area contributed by atoms with Crippen molar-refractivity contribution in [2.24, 2.45) is 0 Å². The molecule has 2 heterocycles. The number of pyridine rings is 1. The van der Waals surface area contributed by atoms with Gasteiger partial charge in [-0.25, -0.2) is 4.79 Å². The molecule has 2 aromatic rings. The van der Waals surface area contributed by atoms with Gasteiger partial charge in [-0.3, -0.25) is 19.5 Å². The Hall–Kier alpha value is -3.42. The van der Waals surface area contributed by atoms with Gasteiger partial charge in [-0.05, 0) is 49.1 Å². The van der Waals surface area contributed by atoms with Crippen LogP contribution < -0.4 is 15.4 Å². The molecular weight excluding hydrogens is 408 g/mol. The zero-order chi connectivity index (χ0) is 22.4. The van der Waals surface area contributed by atoms with Crippen LogP contribution in [0.15, 0.2) is 48.7 Å². The third-order valence-electron chi connectivity index (χ3n) is 5.99. The first kappa shape index (κ1) is 21.8. The van der Waals surface area contributed by atoms with Crippen LogP contribution in [-0.2, 0) is 22.7 Å². The first-order valence-electron chi connectivity index (χ1n) is 11.1. The van der Waals surface area contributed by atoms with E-state index in [0.29, 0.717) is 38.2 Å². The maximum atomic E-state index is 12.6. The van der Waals surface area contributed by atoms with Crippen molar-refractivity contribution in [3.63, 3.8) is 0 Å². The minimum Gasteiger partial charge on any atom is -0.487 e. The van der Waals surface area contributed by atoms with E-state index in [9.17, 15) is 14.4 Å². The van der Waals surface area contributed by atoms with E-state index in [0.717, 1.165) is 24.1 Å². The molecule has 1 aromatic heterocycles. The molecule has 2 N–H and O–H groups in total. The standard InChI is InChI=1S/C24H28N4O4/c29-21(10-6-14-28-22(30)24(27-23(28)31)11-2-3-12-24)26-16-18-7-5-9-20(15-18)32-17-19-8-1-4-13-25-19/h1,4-5,7-9,13,15H,2-3,6,10-12,14,16-17H2,(H,26,29)(H,27,31). The molecule has 168 valence electrons. The monoisotopic (exact) mass is 436 g/mol. The minimum absolute atomic E-state index is 0.118. The van der Waals surface area contributed by atoms with Gasteiger partial charge in [-0.2, -0.15) is 0 Å². The maximum Gasteiger partial charge on any atom is 0.325 e. The number of carbonyl (C=O) groups excluding carboxylic acids is 3. The summed E-state index contributed by atoms with van der Waals surface area (Å²) in [5.41, 5.74) is 1.08. The fourth-order valence-electron chi connectivity index (χ4n) is 4.27. The molecule has 32 heavy (non-hydrogen) atoms. The topological polar surface area (TPSA) is 101 Å². The Kier molecular flexibility index (Phi) is 6.68. The number of nitrogens with one attached hydrogen (secondary N) is 2. The first-order chi connectivity index (χ1) is 15.6. The summed E-state index contributed by atoms with van der Waals surface area (Å²) in [7, 11) is 0. The Bertz CT molecular complexity index is 973. The highest BCUT2D eigenvalue weighted by Gasteiger charge is 2.51. The van der Waals surface area contributed by atoms with Crippen molar-refractivity contribution in [1.82, 2.24) is 20.5 Å². The molecular formula is C24H28N4O4. The molecule has 2 aliphatic rings. The summed E-state index contributed by atoms with van der Waals surface area (Å²) in [6, 6.07) is 12.9. The second-order valence-corrected chi connectivity index (χ2v) is 8.31. The molecule has 0 unspecified atom stereocenters. The number of carbonyl (C=O) groups is 3. The SMILES string of the molecule is O=C(CCCN1C(=O)NC2(CCCC2)C1=O)NCc1cccc(OCc2ccccn2)c1. The van der Waals surface area contributed by atoms with Gasteiger partial charge in [-0.15, -0.1) is 0 Å². The quantitative estimate of drug-likeness (QED) is 0.589. The van der Waals surface area contributed by atoms with Crippen molar-refractivity contribution in [2.75, 3.05) is 6.54 Å². The fourth-order valence-corrected chi connectivity index (χ4v) is 4.27. The summed E-state index contributed by atoms with van der Waals surface area (Å²) in [5.74, 6) is 0.456. The van der Waals surface area contributed by atoms with E-state index in [1.54, 1.807) is 6.20 Å². The predicted octanol–water partition coefficient (Wildman–Crippen LogP) is 2.92. The van der Waals surface area contributed by atoms with E-state index >= 15 is 0 Å². The summed E-state index contributed by atoms with van der Waals surface area (Å²) < 4.78 is 5.77. The molecule has 1 aromatic carbocycles. The van der Waals surface area contributed by atoms with Gasteiger partial charge in [0.15, 0.2) is 0 Å². The third kappa shape index (κ3) is 5.07. The number of ether oxygens (including phenoxy) is 1. The number of urea groups is 1. The average Bonchev–Trinajstić information content (AvgIpc) is 3.37. The normalized spacial score (nSPS) is 16.9. The molecule has 2 fully saturated rings. The number of imide groups is 1. The van der Waals surface area contributed by atoms with Gasteiger partial charge in [-0.1, -0.05) is 31.0 Å². The van der Waals surface area contributed by atoms with Gasteiger partial charge in [0.05, 0.1) is 5.69 Å². The second kappa shape index (κ2) is 9.80. The van der Waals surface area contributed by atoms with Gasteiger partial charge in [0.2, 0.25) is 5.91 Å². The number of amides is 4. The first-order valence-corrected chi connectivity index (χ1v) is 11.1. The summed E-state index contributed by atoms with van der Waals surface area (Å²) in [4.78, 5) is 42.6. The summed E-state index contributed by atoms with van der Waals surface area (Å²) >= 11 is 0. The van der Waals surface area contributed by atoms with Crippen molar-refractivity contribution < 1.29 is 19.1 Å². The van der Waals surface area contributed by atoms with Gasteiger partial charge < -0.3 is 15.4 Å². The Morgan fingerprint density at radius 3 is 2.78 bits per heavy atom. The van der Waals surface area contributed by atoms with Crippen LogP contribution in [-0.4, -0.2) is 39.8 Å². The fraction of sp³-hybridized carbons (Fsp3) is 0.417. The van der Waals surface area contributed by atoms with Gasteiger partial charge in [0.1, 0.15) is 17.9 Å². The summed E-state index contributed by atoms with van der Waals surface area (Å²) in [5, 5.41) is 5.75. The molecule has 0 bridgehead atoms. The Balaban J connectivity index is 1.19. The highest BCUT2D eigenvalue weighted by molar-refractivity contribution is 6.07. The molecule has 1 aliphatic carbocycles. The lowest BCUT2D eigenvalue weighted by molar-refractivity contribution is -0.131. The Morgan fingerprint density at radius 1 is 1.16 bits per heavy atom. The van der Waals surface area contributed by atoms with Crippen LogP contribution in [0.4, 0.5) is 4.79 Å². The van der Waals surface area contributed by atoms with E-state index in [2.05, 4.69) is 15.6 Å². The maximum absolute atomic E-state index is 12.6. The van der Waals surface area contributed by atoms with E-state index in [4.69, 9.17) is 4.74 Å². The molecule has 8 heteroatoms. The number of aromatic nitrogens is 1. The lowest BCUT2D eigenvalue weighted by Gasteiger charge is -2.19. The highest BCUT2D eigenvalue weighted by atomic mass is 16.5. The van der Waals surface area contributed by atoms with E-state index < -0.39 is 5.54 Å². The third-order valence-corrected chi connectivity index (χ3v) is 5.99. The van der Waals surface area contributed by atoms with E-state index in [-0.39, 0.29) is 30.8 Å². The average molecular weight is 437 g/mol. The van der Waals surface area contributed by atoms with Gasteiger partial charge in [0.25, 0.3) is 5.91 Å². The summed E-state index contributed by atoms with van der Waals surface area (Å²) in [6.45, 7) is 1.02. The molecule has 0 atom stereocenters. The van der Waals surface area contributed by atoms with E-state index in [1.807, 2.05) is 42.5 Å². The lowest BCUT2D eigenvalue weighted by Crippen LogP contribution is -2.44. The zero-order valence-corrected chi connectivity index (χ0v) is 18.0. The van der Waals surface area contributed by atoms with Crippen LogP contribution in [0.25, 0.3) is 0 Å². The number of rotatable bonds is 9. The zero-order valence-electron chi connectivity index (χ0n) is 18.0. The molecule has 1 saturated heterocycles. The van der Waals surface area contributed by atoms with Gasteiger partial charge >= 0.3 is 6.03 Å². The molecule has 4 rings (SSSR count). The van der Waals surface area contributed by atoms with Crippen LogP contribution >= 0.6 is 0 Å². The van der Waals surface area contributed by atoms with Crippen LogP contribution in [0.5, 0.6) is 5.75 Å².